The zero-order valence-corrected chi connectivity index (χ0v) is 9.01. The molecule has 0 bridgehead atoms. The van der Waals surface area contributed by atoms with E-state index in [9.17, 15) is 8.63 Å². The average molecular weight is 186 g/mol. The Morgan fingerprint density at radius 3 is 1.73 bits per heavy atom. The normalized spacial score (nSPS) is 6.64. The van der Waals surface area contributed by atoms with Crippen molar-refractivity contribution in [2.75, 3.05) is 0 Å². The molecule has 0 saturated heterocycles. The number of rotatable bonds is 2. The van der Waals surface area contributed by atoms with E-state index in [1.54, 1.807) is 0 Å². The predicted octanol–water partition coefficient (Wildman–Crippen LogP) is -4.92. The first-order valence-corrected chi connectivity index (χ1v) is 2.28. The molecule has 2 nitrogen and oxygen atoms in total. The third kappa shape index (κ3) is 10.5. The third-order valence-corrected chi connectivity index (χ3v) is 0.726. The van der Waals surface area contributed by atoms with E-state index in [-0.39, 0.29) is 56.1 Å². The van der Waals surface area contributed by atoms with E-state index in [1.165, 1.54) is 12.1 Å². The van der Waals surface area contributed by atoms with Crippen molar-refractivity contribution in [2.24, 2.45) is 5.92 Å². The molecule has 0 aliphatic rings. The van der Waals surface area contributed by atoms with E-state index in [0.717, 1.165) is 0 Å². The van der Waals surface area contributed by atoms with E-state index >= 15 is 0 Å². The summed E-state index contributed by atoms with van der Waals surface area (Å²) in [5.41, 5.74) is 0. The van der Waals surface area contributed by atoms with Gasteiger partial charge in [0.2, 0.25) is 0 Å². The fourth-order valence-corrected chi connectivity index (χ4v) is 0.312. The minimum absolute atomic E-state index is 0. The van der Waals surface area contributed by atoms with Gasteiger partial charge in [0.05, 0.1) is 12.1 Å². The maximum absolute atomic E-state index is 11.4. The predicted molar refractivity (Wildman–Crippen MR) is 27.5 cm³/mol. The summed E-state index contributed by atoms with van der Waals surface area (Å²) >= 11 is 0. The minimum Gasteiger partial charge on any atom is -1.00 e. The van der Waals surface area contributed by atoms with Crippen LogP contribution < -0.4 is 56.1 Å². The number of hydrogen-bond acceptors (Lipinski definition) is 2. The minimum atomic E-state index is -2.56. The van der Waals surface area contributed by atoms with E-state index in [2.05, 4.69) is 0 Å². The summed E-state index contributed by atoms with van der Waals surface area (Å²) in [6.07, 6.45) is -0.646. The fourth-order valence-electron chi connectivity index (χ4n) is 0.312. The summed E-state index contributed by atoms with van der Waals surface area (Å²) < 4.78 is 22.7. The maximum Gasteiger partial charge on any atom is 1.00 e. The number of nitrogens with zero attached hydrogens (tertiary/aromatic N) is 2. The van der Waals surface area contributed by atoms with E-state index < -0.39 is 19.5 Å². The molecule has 0 aliphatic carbocycles. The van der Waals surface area contributed by atoms with Gasteiger partial charge >= 0.3 is 58.7 Å². The molecule has 0 heterocycles. The quantitative estimate of drug-likeness (QED) is 0.406. The Bertz CT molecular complexity index is 150. The molecule has 0 atom stereocenters. The van der Waals surface area contributed by atoms with Gasteiger partial charge in [0.25, 0.3) is 0 Å². The van der Waals surface area contributed by atoms with Crippen molar-refractivity contribution in [3.63, 3.8) is 0 Å². The second-order valence-electron chi connectivity index (χ2n) is 1.44. The van der Waals surface area contributed by atoms with Gasteiger partial charge in [-0.2, -0.15) is 10.5 Å². The molecule has 0 aromatic carbocycles. The summed E-state index contributed by atoms with van der Waals surface area (Å²) in [6.45, 7) is 0. The van der Waals surface area contributed by atoms with E-state index in [1.807, 2.05) is 0 Å². The monoisotopic (exact) mass is 186 g/mol. The van der Waals surface area contributed by atoms with Crippen molar-refractivity contribution in [3.8, 4) is 12.1 Å². The van der Waals surface area contributed by atoms with Gasteiger partial charge in [-0.3, -0.25) is 8.63 Å². The first-order valence-electron chi connectivity index (χ1n) is 2.28. The van der Waals surface area contributed by atoms with Gasteiger partial charge in [0.15, 0.2) is 0 Å². The Hall–Kier alpha value is 0.471. The van der Waals surface area contributed by atoms with Crippen molar-refractivity contribution in [1.29, 1.82) is 10.5 Å². The maximum atomic E-state index is 11.4. The second-order valence-corrected chi connectivity index (χ2v) is 1.44. The first kappa shape index (κ1) is 17.5. The number of halogens is 3. The smallest absolute Gasteiger partial charge is 1.00 e. The van der Waals surface area contributed by atoms with Crippen molar-refractivity contribution in [1.82, 2.24) is 0 Å². The molecule has 0 N–H and O–H groups in total. The van der Waals surface area contributed by atoms with Crippen LogP contribution in [0.5, 0.6) is 0 Å². The van der Waals surface area contributed by atoms with Crippen LogP contribution in [0.25, 0.3) is 0 Å². The van der Waals surface area contributed by atoms with Gasteiger partial charge in [-0.05, 0) is 0 Å². The summed E-state index contributed by atoms with van der Waals surface area (Å²) in [6, 6.07) is 2.88. The Kier molecular flexibility index (Phi) is 16.7. The van der Waals surface area contributed by atoms with Crippen molar-refractivity contribution in [2.45, 2.75) is 6.32 Å². The summed E-state index contributed by atoms with van der Waals surface area (Å²) in [5.74, 6) is -1.16. The zero-order valence-electron chi connectivity index (χ0n) is 5.89. The van der Waals surface area contributed by atoms with Crippen LogP contribution >= 0.6 is 0 Å². The first-order chi connectivity index (χ1) is 4.20. The van der Waals surface area contributed by atoms with Crippen LogP contribution in [-0.4, -0.2) is 7.27 Å². The van der Waals surface area contributed by atoms with Crippen LogP contribution in [0.15, 0.2) is 0 Å². The van der Waals surface area contributed by atoms with Crippen LogP contribution in [0.1, 0.15) is 0 Å². The summed E-state index contributed by atoms with van der Waals surface area (Å²) in [5, 5.41) is 15.9. The molecular weight excluding hydrogens is 183 g/mol. The third-order valence-electron chi connectivity index (χ3n) is 0.726. The Labute approximate surface area is 106 Å². The fraction of sp³-hybridized carbons (Fsp3) is 0.500. The molecule has 0 aliphatic heterocycles. The average Bonchev–Trinajstić information content (AvgIpc) is 1.82. The van der Waals surface area contributed by atoms with Gasteiger partial charge in [0, 0.05) is 6.32 Å². The largest absolute Gasteiger partial charge is 1.00 e. The summed E-state index contributed by atoms with van der Waals surface area (Å²) in [7, 11) is -2.56. The molecule has 7 heteroatoms. The molecule has 0 aromatic heterocycles. The Morgan fingerprint density at radius 1 is 1.27 bits per heavy atom. The van der Waals surface area contributed by atoms with Crippen LogP contribution in [0.3, 0.4) is 0 Å². The molecule has 0 saturated carbocycles. The van der Waals surface area contributed by atoms with E-state index in [0.29, 0.717) is 0 Å². The molecule has 54 valence electrons. The second kappa shape index (κ2) is 10.5. The van der Waals surface area contributed by atoms with Crippen LogP contribution in [0.2, 0.25) is 6.32 Å². The van der Waals surface area contributed by atoms with Gasteiger partial charge in [-0.25, -0.2) is 0 Å². The van der Waals surface area contributed by atoms with Gasteiger partial charge in [0.1, 0.15) is 5.92 Å². The molecule has 0 spiro atoms. The van der Waals surface area contributed by atoms with Crippen molar-refractivity contribution in [3.05, 3.63) is 0 Å². The Morgan fingerprint density at radius 2 is 1.64 bits per heavy atom. The number of hydrogen-bond donors (Lipinski definition) is 0. The van der Waals surface area contributed by atoms with Crippen LogP contribution in [-0.2, 0) is 0 Å². The number of nitriles is 2. The molecule has 0 unspecified atom stereocenters. The van der Waals surface area contributed by atoms with Crippen LogP contribution in [0, 0.1) is 28.6 Å². The van der Waals surface area contributed by atoms with Gasteiger partial charge < -0.3 is 4.70 Å². The van der Waals surface area contributed by atoms with Crippen molar-refractivity contribution >= 4 is 7.27 Å². The van der Waals surface area contributed by atoms with Gasteiger partial charge in [-0.15, -0.1) is 0 Å². The topological polar surface area (TPSA) is 47.6 Å². The molecule has 0 amide bonds. The molecule has 0 fully saturated rings. The van der Waals surface area contributed by atoms with Gasteiger partial charge in [-0.1, -0.05) is 0 Å². The molecular formula is C4H3BF3KN2. The van der Waals surface area contributed by atoms with Crippen molar-refractivity contribution < 1.29 is 64.7 Å². The Balaban J connectivity index is -0.000000320. The molecule has 0 aromatic rings. The summed E-state index contributed by atoms with van der Waals surface area (Å²) in [4.78, 5) is 0. The SMILES string of the molecule is N#CC(C#N)CB(F)F.[F-].[K+]. The van der Waals surface area contributed by atoms with Crippen LogP contribution in [0.4, 0.5) is 8.63 Å². The molecule has 0 radical (unpaired) electrons. The zero-order chi connectivity index (χ0) is 7.28. The molecule has 11 heavy (non-hydrogen) atoms. The standard InChI is InChI=1S/C4H3BF2N2.FH.K/c6-5(7)1-4(2-8)3-9;;/h4H,1H2;1H;/q;;+1/p-1. The molecule has 0 rings (SSSR count). The van der Waals surface area contributed by atoms with E-state index in [4.69, 9.17) is 10.5 Å².